The van der Waals surface area contributed by atoms with Gasteiger partial charge in [-0.25, -0.2) is 0 Å². The van der Waals surface area contributed by atoms with Crippen LogP contribution in [-0.2, 0) is 13.1 Å². The van der Waals surface area contributed by atoms with Crippen LogP contribution in [0.15, 0.2) is 72.2 Å². The van der Waals surface area contributed by atoms with Crippen molar-refractivity contribution >= 4 is 39.5 Å². The zero-order valence-corrected chi connectivity index (χ0v) is 19.4. The maximum atomic E-state index is 6.10. The summed E-state index contributed by atoms with van der Waals surface area (Å²) in [6.45, 7) is 6.24. The highest BCUT2D eigenvalue weighted by Gasteiger charge is 2.10. The third-order valence-corrected chi connectivity index (χ3v) is 6.75. The lowest BCUT2D eigenvalue weighted by molar-refractivity contribution is 0.254. The number of pyridine rings is 1. The van der Waals surface area contributed by atoms with Gasteiger partial charge in [0.25, 0.3) is 0 Å². The number of halogens is 1. The van der Waals surface area contributed by atoms with Crippen LogP contribution in [0.1, 0.15) is 28.8 Å². The molecule has 4 rings (SSSR count). The third kappa shape index (κ3) is 6.07. The van der Waals surface area contributed by atoms with Gasteiger partial charge in [-0.3, -0.25) is 9.88 Å². The molecule has 0 unspecified atom stereocenters. The molecule has 160 valence electrons. The van der Waals surface area contributed by atoms with Gasteiger partial charge in [0, 0.05) is 46.8 Å². The van der Waals surface area contributed by atoms with Gasteiger partial charge in [-0.1, -0.05) is 41.9 Å². The van der Waals surface area contributed by atoms with E-state index in [0.29, 0.717) is 0 Å². The predicted octanol–water partition coefficient (Wildman–Crippen LogP) is 7.15. The first-order valence-corrected chi connectivity index (χ1v) is 12.0. The van der Waals surface area contributed by atoms with Gasteiger partial charge in [-0.05, 0) is 73.1 Å². The molecule has 3 nitrogen and oxygen atoms in total. The first-order valence-electron chi connectivity index (χ1n) is 10.8. The monoisotopic (exact) mass is 449 g/mol. The summed E-state index contributed by atoms with van der Waals surface area (Å²) in [7, 11) is 0. The molecule has 0 spiro atoms. The van der Waals surface area contributed by atoms with E-state index < -0.39 is 0 Å². The standard InChI is InChI=1S/C26H28ClN3S/c1-20-12-16-31-26(20)19-30(18-21-7-3-2-4-8-21)15-6-5-13-28-24-11-14-29-25-17-22(27)9-10-23(24)25/h2-4,7-12,14,16-17H,5-6,13,15,18-19H2,1H3,(H,28,29). The van der Waals surface area contributed by atoms with Gasteiger partial charge < -0.3 is 5.32 Å². The molecule has 1 N–H and O–H groups in total. The summed E-state index contributed by atoms with van der Waals surface area (Å²) >= 11 is 7.96. The average molecular weight is 450 g/mol. The SMILES string of the molecule is Cc1ccsc1CN(CCCCNc1ccnc2cc(Cl)ccc12)Cc1ccccc1. The molecule has 0 amide bonds. The predicted molar refractivity (Wildman–Crippen MR) is 134 cm³/mol. The van der Waals surface area contributed by atoms with Crippen molar-refractivity contribution in [3.8, 4) is 0 Å². The number of rotatable bonds is 10. The molecular weight excluding hydrogens is 422 g/mol. The fraction of sp³-hybridized carbons (Fsp3) is 0.269. The molecule has 0 saturated heterocycles. The second-order valence-corrected chi connectivity index (χ2v) is 9.31. The second kappa shape index (κ2) is 10.8. The van der Waals surface area contributed by atoms with E-state index >= 15 is 0 Å². The number of hydrogen-bond acceptors (Lipinski definition) is 4. The van der Waals surface area contributed by atoms with Crippen molar-refractivity contribution in [2.75, 3.05) is 18.4 Å². The Kier molecular flexibility index (Phi) is 7.57. The van der Waals surface area contributed by atoms with Crippen molar-refractivity contribution in [3.05, 3.63) is 93.3 Å². The first-order chi connectivity index (χ1) is 15.2. The molecule has 0 fully saturated rings. The zero-order valence-electron chi connectivity index (χ0n) is 17.9. The van der Waals surface area contributed by atoms with Crippen LogP contribution >= 0.6 is 22.9 Å². The largest absolute Gasteiger partial charge is 0.384 e. The maximum Gasteiger partial charge on any atom is 0.0737 e. The van der Waals surface area contributed by atoms with Crippen LogP contribution in [-0.4, -0.2) is 23.0 Å². The normalized spacial score (nSPS) is 11.3. The van der Waals surface area contributed by atoms with Gasteiger partial charge in [0.2, 0.25) is 0 Å². The molecule has 0 aliphatic carbocycles. The van der Waals surface area contributed by atoms with E-state index in [0.717, 1.165) is 60.6 Å². The average Bonchev–Trinajstić information content (AvgIpc) is 3.18. The smallest absolute Gasteiger partial charge is 0.0737 e. The number of nitrogens with zero attached hydrogens (tertiary/aromatic N) is 2. The van der Waals surface area contributed by atoms with Crippen LogP contribution in [0.25, 0.3) is 10.9 Å². The van der Waals surface area contributed by atoms with Crippen molar-refractivity contribution in [2.24, 2.45) is 0 Å². The fourth-order valence-corrected chi connectivity index (χ4v) is 4.90. The Morgan fingerprint density at radius 2 is 1.87 bits per heavy atom. The van der Waals surface area contributed by atoms with Crippen molar-refractivity contribution in [3.63, 3.8) is 0 Å². The number of fused-ring (bicyclic) bond motifs is 1. The molecule has 0 aliphatic heterocycles. The number of aromatic nitrogens is 1. The number of thiophene rings is 1. The summed E-state index contributed by atoms with van der Waals surface area (Å²) in [5.74, 6) is 0. The summed E-state index contributed by atoms with van der Waals surface area (Å²) in [5, 5.41) is 7.62. The zero-order chi connectivity index (χ0) is 21.5. The minimum atomic E-state index is 0.719. The summed E-state index contributed by atoms with van der Waals surface area (Å²) in [5.41, 5.74) is 4.82. The number of anilines is 1. The lowest BCUT2D eigenvalue weighted by Crippen LogP contribution is -2.24. The Hall–Kier alpha value is -2.40. The lowest BCUT2D eigenvalue weighted by Gasteiger charge is -2.22. The van der Waals surface area contributed by atoms with Gasteiger partial charge in [0.1, 0.15) is 0 Å². The maximum absolute atomic E-state index is 6.10. The third-order valence-electron chi connectivity index (χ3n) is 5.51. The van der Waals surface area contributed by atoms with Crippen molar-refractivity contribution in [1.29, 1.82) is 0 Å². The topological polar surface area (TPSA) is 28.2 Å². The molecule has 2 aromatic heterocycles. The molecule has 0 saturated carbocycles. The Bertz CT molecular complexity index is 1110. The molecule has 0 radical (unpaired) electrons. The fourth-order valence-electron chi connectivity index (χ4n) is 3.78. The Labute approximate surface area is 193 Å². The van der Waals surface area contributed by atoms with Gasteiger partial charge in [-0.2, -0.15) is 0 Å². The van der Waals surface area contributed by atoms with E-state index in [2.05, 4.69) is 63.9 Å². The minimum absolute atomic E-state index is 0.719. The van der Waals surface area contributed by atoms with Crippen LogP contribution in [0.3, 0.4) is 0 Å². The van der Waals surface area contributed by atoms with Gasteiger partial charge in [-0.15, -0.1) is 11.3 Å². The van der Waals surface area contributed by atoms with Crippen LogP contribution in [0.5, 0.6) is 0 Å². The Balaban J connectivity index is 1.32. The molecule has 4 aromatic rings. The van der Waals surface area contributed by atoms with Gasteiger partial charge in [0.15, 0.2) is 0 Å². The molecule has 0 aliphatic rings. The minimum Gasteiger partial charge on any atom is -0.384 e. The van der Waals surface area contributed by atoms with Crippen molar-refractivity contribution in [2.45, 2.75) is 32.9 Å². The number of hydrogen-bond donors (Lipinski definition) is 1. The van der Waals surface area contributed by atoms with Crippen molar-refractivity contribution in [1.82, 2.24) is 9.88 Å². The Morgan fingerprint density at radius 1 is 1.00 bits per heavy atom. The Morgan fingerprint density at radius 3 is 2.68 bits per heavy atom. The van der Waals surface area contributed by atoms with Crippen molar-refractivity contribution < 1.29 is 0 Å². The highest BCUT2D eigenvalue weighted by atomic mass is 35.5. The van der Waals surface area contributed by atoms with Gasteiger partial charge >= 0.3 is 0 Å². The summed E-state index contributed by atoms with van der Waals surface area (Å²) < 4.78 is 0. The summed E-state index contributed by atoms with van der Waals surface area (Å²) in [4.78, 5) is 8.46. The molecule has 0 atom stereocenters. The molecule has 2 heterocycles. The highest BCUT2D eigenvalue weighted by molar-refractivity contribution is 7.10. The lowest BCUT2D eigenvalue weighted by atomic mass is 10.1. The second-order valence-electron chi connectivity index (χ2n) is 7.88. The van der Waals surface area contributed by atoms with Crippen LogP contribution in [0.4, 0.5) is 5.69 Å². The highest BCUT2D eigenvalue weighted by Crippen LogP contribution is 2.24. The summed E-state index contributed by atoms with van der Waals surface area (Å²) in [6, 6.07) is 20.9. The van der Waals surface area contributed by atoms with Crippen LogP contribution < -0.4 is 5.32 Å². The van der Waals surface area contributed by atoms with Gasteiger partial charge in [0.05, 0.1) is 5.52 Å². The van der Waals surface area contributed by atoms with Crippen LogP contribution in [0.2, 0.25) is 5.02 Å². The van der Waals surface area contributed by atoms with E-state index in [-0.39, 0.29) is 0 Å². The quantitative estimate of drug-likeness (QED) is 0.260. The molecule has 0 bridgehead atoms. The van der Waals surface area contributed by atoms with E-state index in [4.69, 9.17) is 11.6 Å². The number of aryl methyl sites for hydroxylation is 1. The number of nitrogens with one attached hydrogen (secondary N) is 1. The van der Waals surface area contributed by atoms with E-state index in [1.807, 2.05) is 41.8 Å². The summed E-state index contributed by atoms with van der Waals surface area (Å²) in [6.07, 6.45) is 4.11. The molecule has 2 aromatic carbocycles. The number of benzene rings is 2. The molecule has 5 heteroatoms. The molecular formula is C26H28ClN3S. The van der Waals surface area contributed by atoms with E-state index in [1.54, 1.807) is 0 Å². The van der Waals surface area contributed by atoms with E-state index in [9.17, 15) is 0 Å². The van der Waals surface area contributed by atoms with Crippen LogP contribution in [0, 0.1) is 6.92 Å². The van der Waals surface area contributed by atoms with E-state index in [1.165, 1.54) is 16.0 Å². The first kappa shape index (κ1) is 21.8. The molecule has 31 heavy (non-hydrogen) atoms. The number of unbranched alkanes of at least 4 members (excludes halogenated alkanes) is 1.